The van der Waals surface area contributed by atoms with Crippen LogP contribution in [0, 0.1) is 6.92 Å². The smallest absolute Gasteiger partial charge is 0.407 e. The lowest BCUT2D eigenvalue weighted by Gasteiger charge is -2.12. The van der Waals surface area contributed by atoms with Crippen LogP contribution in [0.5, 0.6) is 0 Å². The van der Waals surface area contributed by atoms with Crippen molar-refractivity contribution in [3.63, 3.8) is 0 Å². The first-order valence-corrected chi connectivity index (χ1v) is 5.70. The summed E-state index contributed by atoms with van der Waals surface area (Å²) in [4.78, 5) is 26.9. The van der Waals surface area contributed by atoms with E-state index in [9.17, 15) is 9.59 Å². The molecule has 6 nitrogen and oxygen atoms in total. The molecule has 7 heteroatoms. The number of methoxy groups -OCH3 is 1. The van der Waals surface area contributed by atoms with E-state index in [0.29, 0.717) is 0 Å². The molecule has 1 N–H and O–H groups in total. The number of hydrogen-bond acceptors (Lipinski definition) is 6. The van der Waals surface area contributed by atoms with Gasteiger partial charge in [-0.25, -0.2) is 4.79 Å². The highest BCUT2D eigenvalue weighted by molar-refractivity contribution is 7.09. The highest BCUT2D eigenvalue weighted by Gasteiger charge is 2.13. The number of carbonyl (C=O) groups excluding carboxylic acids is 2. The molecular weight excluding hydrogens is 244 g/mol. The molecule has 0 saturated heterocycles. The Morgan fingerprint density at radius 1 is 1.65 bits per heavy atom. The Morgan fingerprint density at radius 2 is 2.41 bits per heavy atom. The van der Waals surface area contributed by atoms with E-state index in [4.69, 9.17) is 4.74 Å². The molecule has 1 amide bonds. The zero-order valence-corrected chi connectivity index (χ0v) is 10.2. The SMILES string of the molecule is [CH2]C(CC(=O)OC)NC(=O)OCc1cncs1. The van der Waals surface area contributed by atoms with Crippen LogP contribution in [0.4, 0.5) is 4.79 Å². The average Bonchev–Trinajstić information content (AvgIpc) is 2.78. The second-order valence-corrected chi connectivity index (χ2v) is 4.14. The van der Waals surface area contributed by atoms with Gasteiger partial charge in [0.25, 0.3) is 0 Å². The van der Waals surface area contributed by atoms with Gasteiger partial charge in [0.05, 0.1) is 23.9 Å². The van der Waals surface area contributed by atoms with Crippen molar-refractivity contribution in [2.24, 2.45) is 0 Å². The van der Waals surface area contributed by atoms with Crippen molar-refractivity contribution in [3.8, 4) is 0 Å². The van der Waals surface area contributed by atoms with Crippen molar-refractivity contribution in [1.82, 2.24) is 10.3 Å². The third-order valence-electron chi connectivity index (χ3n) is 1.79. The van der Waals surface area contributed by atoms with Gasteiger partial charge in [-0.1, -0.05) is 0 Å². The van der Waals surface area contributed by atoms with Crippen molar-refractivity contribution in [3.05, 3.63) is 23.5 Å². The van der Waals surface area contributed by atoms with Crippen LogP contribution in [0.25, 0.3) is 0 Å². The number of aromatic nitrogens is 1. The van der Waals surface area contributed by atoms with E-state index in [1.165, 1.54) is 18.4 Å². The van der Waals surface area contributed by atoms with Gasteiger partial charge in [-0.05, 0) is 6.92 Å². The van der Waals surface area contributed by atoms with Crippen LogP contribution in [0.15, 0.2) is 11.7 Å². The molecule has 1 atom stereocenters. The predicted octanol–water partition coefficient (Wildman–Crippen LogP) is 1.14. The zero-order valence-electron chi connectivity index (χ0n) is 9.34. The normalized spacial score (nSPS) is 11.6. The quantitative estimate of drug-likeness (QED) is 0.800. The monoisotopic (exact) mass is 257 g/mol. The molecule has 1 rings (SSSR count). The van der Waals surface area contributed by atoms with Crippen molar-refractivity contribution >= 4 is 23.4 Å². The van der Waals surface area contributed by atoms with Gasteiger partial charge in [-0.3, -0.25) is 9.78 Å². The van der Waals surface area contributed by atoms with Gasteiger partial charge < -0.3 is 14.8 Å². The third kappa shape index (κ3) is 5.30. The standard InChI is InChI=1S/C10H13N2O4S/c1-7(3-9(13)15-2)12-10(14)16-5-8-4-11-6-17-8/h4,6-7H,1,3,5H2,2H3,(H,12,14). The molecule has 0 aliphatic heterocycles. The first-order valence-electron chi connectivity index (χ1n) is 4.82. The fourth-order valence-corrected chi connectivity index (χ4v) is 1.50. The van der Waals surface area contributed by atoms with Crippen LogP contribution in [0.1, 0.15) is 11.3 Å². The number of amides is 1. The number of rotatable bonds is 5. The van der Waals surface area contributed by atoms with Crippen LogP contribution < -0.4 is 5.32 Å². The van der Waals surface area contributed by atoms with Gasteiger partial charge >= 0.3 is 12.1 Å². The lowest BCUT2D eigenvalue weighted by atomic mass is 10.2. The van der Waals surface area contributed by atoms with Crippen molar-refractivity contribution < 1.29 is 19.1 Å². The van der Waals surface area contributed by atoms with E-state index in [1.807, 2.05) is 0 Å². The number of hydrogen-bond donors (Lipinski definition) is 1. The molecule has 1 heterocycles. The molecule has 1 aromatic heterocycles. The number of nitrogens with zero attached hydrogens (tertiary/aromatic N) is 1. The summed E-state index contributed by atoms with van der Waals surface area (Å²) in [6.07, 6.45) is 1.00. The molecule has 1 aromatic rings. The van der Waals surface area contributed by atoms with Gasteiger partial charge in [0.1, 0.15) is 6.61 Å². The number of esters is 1. The minimum atomic E-state index is -0.623. The predicted molar refractivity (Wildman–Crippen MR) is 61.2 cm³/mol. The molecule has 0 aromatic carbocycles. The van der Waals surface area contributed by atoms with Crippen LogP contribution in [0.3, 0.4) is 0 Å². The minimum Gasteiger partial charge on any atom is -0.469 e. The zero-order chi connectivity index (χ0) is 12.7. The van der Waals surface area contributed by atoms with E-state index >= 15 is 0 Å². The van der Waals surface area contributed by atoms with Crippen LogP contribution in [0.2, 0.25) is 0 Å². The maximum absolute atomic E-state index is 11.3. The highest BCUT2D eigenvalue weighted by Crippen LogP contribution is 2.06. The molecule has 0 aliphatic carbocycles. The van der Waals surface area contributed by atoms with Gasteiger partial charge in [0, 0.05) is 12.2 Å². The molecule has 0 fully saturated rings. The van der Waals surface area contributed by atoms with Gasteiger partial charge in [-0.15, -0.1) is 11.3 Å². The van der Waals surface area contributed by atoms with Crippen molar-refractivity contribution in [2.75, 3.05) is 7.11 Å². The third-order valence-corrected chi connectivity index (χ3v) is 2.54. The molecule has 0 bridgehead atoms. The lowest BCUT2D eigenvalue weighted by Crippen LogP contribution is -2.35. The Labute approximate surface area is 103 Å². The molecule has 0 spiro atoms. The molecule has 93 valence electrons. The van der Waals surface area contributed by atoms with Gasteiger partial charge in [-0.2, -0.15) is 0 Å². The van der Waals surface area contributed by atoms with Crippen LogP contribution >= 0.6 is 11.3 Å². The molecule has 0 aliphatic rings. The first kappa shape index (κ1) is 13.4. The number of thiazole rings is 1. The summed E-state index contributed by atoms with van der Waals surface area (Å²) in [6, 6.07) is -0.573. The maximum atomic E-state index is 11.3. The van der Waals surface area contributed by atoms with Crippen molar-refractivity contribution in [1.29, 1.82) is 0 Å². The summed E-state index contributed by atoms with van der Waals surface area (Å²) >= 11 is 1.39. The molecule has 1 unspecified atom stereocenters. The summed E-state index contributed by atoms with van der Waals surface area (Å²) < 4.78 is 9.34. The van der Waals surface area contributed by atoms with Crippen LogP contribution in [-0.4, -0.2) is 30.2 Å². The largest absolute Gasteiger partial charge is 0.469 e. The Hall–Kier alpha value is -1.63. The summed E-state index contributed by atoms with van der Waals surface area (Å²) in [5.74, 6) is -0.437. The second kappa shape index (κ2) is 6.85. The number of alkyl carbamates (subject to hydrolysis) is 1. The Bertz CT molecular complexity index is 366. The number of nitrogens with one attached hydrogen (secondary N) is 1. The number of ether oxygens (including phenoxy) is 2. The Morgan fingerprint density at radius 3 is 3.00 bits per heavy atom. The fourth-order valence-electron chi connectivity index (χ4n) is 0.994. The number of carbonyl (C=O) groups is 2. The average molecular weight is 257 g/mol. The summed E-state index contributed by atoms with van der Waals surface area (Å²) in [5.41, 5.74) is 1.65. The Kier molecular flexibility index (Phi) is 5.41. The highest BCUT2D eigenvalue weighted by atomic mass is 32.1. The second-order valence-electron chi connectivity index (χ2n) is 3.17. The molecular formula is C10H13N2O4S. The molecule has 1 radical (unpaired) electrons. The molecule has 17 heavy (non-hydrogen) atoms. The maximum Gasteiger partial charge on any atom is 0.407 e. The molecule has 0 saturated carbocycles. The Balaban J connectivity index is 2.22. The lowest BCUT2D eigenvalue weighted by molar-refractivity contribution is -0.140. The van der Waals surface area contributed by atoms with Gasteiger partial charge in [0.2, 0.25) is 0 Å². The minimum absolute atomic E-state index is 0.00611. The van der Waals surface area contributed by atoms with E-state index < -0.39 is 18.1 Å². The van der Waals surface area contributed by atoms with Crippen LogP contribution in [-0.2, 0) is 20.9 Å². The van der Waals surface area contributed by atoms with Gasteiger partial charge in [0.15, 0.2) is 0 Å². The topological polar surface area (TPSA) is 77.5 Å². The van der Waals surface area contributed by atoms with E-state index in [0.717, 1.165) is 4.88 Å². The van der Waals surface area contributed by atoms with E-state index in [-0.39, 0.29) is 13.0 Å². The first-order chi connectivity index (χ1) is 8.11. The summed E-state index contributed by atoms with van der Waals surface area (Å²) in [5, 5.41) is 2.42. The van der Waals surface area contributed by atoms with E-state index in [1.54, 1.807) is 11.7 Å². The van der Waals surface area contributed by atoms with E-state index in [2.05, 4.69) is 22.0 Å². The fraction of sp³-hybridized carbons (Fsp3) is 0.400. The summed E-state index contributed by atoms with van der Waals surface area (Å²) in [7, 11) is 1.27. The summed E-state index contributed by atoms with van der Waals surface area (Å²) in [6.45, 7) is 3.74. The van der Waals surface area contributed by atoms with Crippen molar-refractivity contribution in [2.45, 2.75) is 19.1 Å².